The van der Waals surface area contributed by atoms with Crippen LogP contribution in [0, 0.1) is 17.3 Å². The van der Waals surface area contributed by atoms with Crippen molar-refractivity contribution in [2.75, 3.05) is 6.54 Å². The lowest BCUT2D eigenvalue weighted by atomic mass is 9.81. The molecule has 1 aliphatic rings. The molecule has 0 spiro atoms. The van der Waals surface area contributed by atoms with E-state index < -0.39 is 0 Å². The van der Waals surface area contributed by atoms with E-state index in [1.54, 1.807) is 0 Å². The molecule has 1 rings (SSSR count). The molecule has 0 aromatic carbocycles. The molecule has 0 radical (unpaired) electrons. The van der Waals surface area contributed by atoms with Gasteiger partial charge in [-0.2, -0.15) is 0 Å². The molecule has 1 amide bonds. The Kier molecular flexibility index (Phi) is 5.64. The summed E-state index contributed by atoms with van der Waals surface area (Å²) < 4.78 is 0. The average Bonchev–Trinajstić information content (AvgIpc) is 2.27. The molecule has 1 aliphatic carbocycles. The van der Waals surface area contributed by atoms with Crippen molar-refractivity contribution in [2.24, 2.45) is 23.0 Å². The summed E-state index contributed by atoms with van der Waals surface area (Å²) in [5, 5.41) is 3.06. The third-order valence-corrected chi connectivity index (χ3v) is 4.50. The standard InChI is InChI=1S/C15H30N2O/c1-11(15(2,3)4)10-17-14(18)9-12-7-5-6-8-13(12)16/h11-13H,5-10,16H2,1-4H3,(H,17,18). The molecule has 0 aromatic rings. The third-order valence-electron chi connectivity index (χ3n) is 4.50. The van der Waals surface area contributed by atoms with Crippen LogP contribution in [-0.2, 0) is 4.79 Å². The number of amides is 1. The van der Waals surface area contributed by atoms with Gasteiger partial charge in [0.05, 0.1) is 0 Å². The zero-order valence-corrected chi connectivity index (χ0v) is 12.5. The Morgan fingerprint density at radius 3 is 2.50 bits per heavy atom. The molecule has 3 unspecified atom stereocenters. The fourth-order valence-electron chi connectivity index (χ4n) is 2.37. The Balaban J connectivity index is 2.29. The number of nitrogens with two attached hydrogens (primary N) is 1. The van der Waals surface area contributed by atoms with E-state index in [9.17, 15) is 4.79 Å². The van der Waals surface area contributed by atoms with Gasteiger partial charge in [0, 0.05) is 19.0 Å². The number of nitrogens with one attached hydrogen (secondary N) is 1. The number of rotatable bonds is 4. The molecule has 0 saturated heterocycles. The van der Waals surface area contributed by atoms with Gasteiger partial charge in [-0.15, -0.1) is 0 Å². The number of carbonyl (C=O) groups excluding carboxylic acids is 1. The van der Waals surface area contributed by atoms with Crippen LogP contribution in [0.3, 0.4) is 0 Å². The zero-order valence-electron chi connectivity index (χ0n) is 12.5. The molecular formula is C15H30N2O. The minimum Gasteiger partial charge on any atom is -0.356 e. The van der Waals surface area contributed by atoms with E-state index in [4.69, 9.17) is 5.73 Å². The maximum Gasteiger partial charge on any atom is 0.220 e. The minimum absolute atomic E-state index is 0.174. The predicted octanol–water partition coefficient (Wildman–Crippen LogP) is 2.69. The average molecular weight is 254 g/mol. The Morgan fingerprint density at radius 2 is 1.94 bits per heavy atom. The quantitative estimate of drug-likeness (QED) is 0.810. The molecule has 106 valence electrons. The molecule has 0 aromatic heterocycles. The smallest absolute Gasteiger partial charge is 0.220 e. The minimum atomic E-state index is 0.174. The molecule has 3 heteroatoms. The van der Waals surface area contributed by atoms with Crippen LogP contribution < -0.4 is 11.1 Å². The second-order valence-electron chi connectivity index (χ2n) is 6.98. The second kappa shape index (κ2) is 6.55. The van der Waals surface area contributed by atoms with E-state index in [0.29, 0.717) is 18.3 Å². The second-order valence-corrected chi connectivity index (χ2v) is 6.98. The first-order valence-electron chi connectivity index (χ1n) is 7.33. The summed E-state index contributed by atoms with van der Waals surface area (Å²) in [7, 11) is 0. The van der Waals surface area contributed by atoms with Crippen molar-refractivity contribution in [3.63, 3.8) is 0 Å². The molecule has 3 nitrogen and oxygen atoms in total. The van der Waals surface area contributed by atoms with Crippen molar-refractivity contribution in [1.82, 2.24) is 5.32 Å². The highest BCUT2D eigenvalue weighted by Crippen LogP contribution is 2.26. The maximum atomic E-state index is 11.9. The molecule has 3 atom stereocenters. The summed E-state index contributed by atoms with van der Waals surface area (Å²) in [6, 6.07) is 0.226. The number of hydrogen-bond acceptors (Lipinski definition) is 2. The van der Waals surface area contributed by atoms with Crippen LogP contribution in [0.15, 0.2) is 0 Å². The first-order chi connectivity index (χ1) is 8.30. The van der Waals surface area contributed by atoms with E-state index in [-0.39, 0.29) is 17.4 Å². The van der Waals surface area contributed by atoms with Crippen molar-refractivity contribution in [2.45, 2.75) is 65.8 Å². The van der Waals surface area contributed by atoms with Gasteiger partial charge in [0.1, 0.15) is 0 Å². The van der Waals surface area contributed by atoms with Gasteiger partial charge in [-0.05, 0) is 30.1 Å². The van der Waals surface area contributed by atoms with E-state index in [0.717, 1.165) is 19.4 Å². The Bertz CT molecular complexity index is 270. The molecule has 0 heterocycles. The van der Waals surface area contributed by atoms with Crippen molar-refractivity contribution in [3.05, 3.63) is 0 Å². The molecule has 0 bridgehead atoms. The highest BCUT2D eigenvalue weighted by atomic mass is 16.1. The van der Waals surface area contributed by atoms with Gasteiger partial charge in [0.15, 0.2) is 0 Å². The fourth-order valence-corrected chi connectivity index (χ4v) is 2.37. The van der Waals surface area contributed by atoms with Gasteiger partial charge >= 0.3 is 0 Å². The van der Waals surface area contributed by atoms with Crippen LogP contribution in [-0.4, -0.2) is 18.5 Å². The molecule has 1 saturated carbocycles. The predicted molar refractivity (Wildman–Crippen MR) is 76.2 cm³/mol. The molecular weight excluding hydrogens is 224 g/mol. The van der Waals surface area contributed by atoms with Crippen LogP contribution in [0.4, 0.5) is 0 Å². The number of hydrogen-bond donors (Lipinski definition) is 2. The summed E-state index contributed by atoms with van der Waals surface area (Å²) in [5.74, 6) is 1.05. The summed E-state index contributed by atoms with van der Waals surface area (Å²) in [6.45, 7) is 9.58. The van der Waals surface area contributed by atoms with Crippen LogP contribution in [0.5, 0.6) is 0 Å². The highest BCUT2D eigenvalue weighted by Gasteiger charge is 2.25. The Morgan fingerprint density at radius 1 is 1.33 bits per heavy atom. The first kappa shape index (κ1) is 15.5. The van der Waals surface area contributed by atoms with Crippen LogP contribution >= 0.6 is 0 Å². The molecule has 0 aliphatic heterocycles. The Labute approximate surface area is 112 Å². The maximum absolute atomic E-state index is 11.9. The van der Waals surface area contributed by atoms with Gasteiger partial charge in [-0.3, -0.25) is 4.79 Å². The van der Waals surface area contributed by atoms with Gasteiger partial charge in [0.25, 0.3) is 0 Å². The SMILES string of the molecule is CC(CNC(=O)CC1CCCCC1N)C(C)(C)C. The topological polar surface area (TPSA) is 55.1 Å². The van der Waals surface area contributed by atoms with Crippen LogP contribution in [0.1, 0.15) is 59.8 Å². The lowest BCUT2D eigenvalue weighted by molar-refractivity contribution is -0.122. The van der Waals surface area contributed by atoms with Gasteiger partial charge in [0.2, 0.25) is 5.91 Å². The van der Waals surface area contributed by atoms with Gasteiger partial charge in [-0.25, -0.2) is 0 Å². The summed E-state index contributed by atoms with van der Waals surface area (Å²) >= 11 is 0. The van der Waals surface area contributed by atoms with Crippen molar-refractivity contribution in [1.29, 1.82) is 0 Å². The summed E-state index contributed by atoms with van der Waals surface area (Å²) in [6.07, 6.45) is 5.25. The largest absolute Gasteiger partial charge is 0.356 e. The van der Waals surface area contributed by atoms with Crippen LogP contribution in [0.2, 0.25) is 0 Å². The normalized spacial score (nSPS) is 26.7. The highest BCUT2D eigenvalue weighted by molar-refractivity contribution is 5.76. The fraction of sp³-hybridized carbons (Fsp3) is 0.933. The van der Waals surface area contributed by atoms with Crippen molar-refractivity contribution >= 4 is 5.91 Å². The number of carbonyl (C=O) groups is 1. The van der Waals surface area contributed by atoms with Crippen molar-refractivity contribution < 1.29 is 4.79 Å². The lowest BCUT2D eigenvalue weighted by Gasteiger charge is -2.29. The monoisotopic (exact) mass is 254 g/mol. The zero-order chi connectivity index (χ0) is 13.8. The van der Waals surface area contributed by atoms with Crippen LogP contribution in [0.25, 0.3) is 0 Å². The van der Waals surface area contributed by atoms with Gasteiger partial charge in [-0.1, -0.05) is 40.5 Å². The van der Waals surface area contributed by atoms with E-state index in [1.165, 1.54) is 12.8 Å². The molecule has 18 heavy (non-hydrogen) atoms. The lowest BCUT2D eigenvalue weighted by Crippen LogP contribution is -2.39. The van der Waals surface area contributed by atoms with Crippen molar-refractivity contribution in [3.8, 4) is 0 Å². The van der Waals surface area contributed by atoms with E-state index in [1.807, 2.05) is 0 Å². The molecule has 3 N–H and O–H groups in total. The third kappa shape index (κ3) is 4.97. The van der Waals surface area contributed by atoms with E-state index in [2.05, 4.69) is 33.0 Å². The Hall–Kier alpha value is -0.570. The first-order valence-corrected chi connectivity index (χ1v) is 7.33. The summed E-state index contributed by atoms with van der Waals surface area (Å²) in [5.41, 5.74) is 6.32. The summed E-state index contributed by atoms with van der Waals surface area (Å²) in [4.78, 5) is 11.9. The van der Waals surface area contributed by atoms with E-state index >= 15 is 0 Å². The van der Waals surface area contributed by atoms with Gasteiger partial charge < -0.3 is 11.1 Å². The molecule has 1 fully saturated rings.